The summed E-state index contributed by atoms with van der Waals surface area (Å²) in [6, 6.07) is 6.76. The van der Waals surface area contributed by atoms with Crippen LogP contribution in [0.5, 0.6) is 0 Å². The van der Waals surface area contributed by atoms with Crippen molar-refractivity contribution in [2.45, 2.75) is 52.2 Å². The van der Waals surface area contributed by atoms with Crippen molar-refractivity contribution in [1.29, 1.82) is 0 Å². The van der Waals surface area contributed by atoms with Crippen molar-refractivity contribution in [2.75, 3.05) is 13.1 Å². The van der Waals surface area contributed by atoms with Crippen LogP contribution in [0.15, 0.2) is 24.3 Å². The molecule has 0 bridgehead atoms. The van der Waals surface area contributed by atoms with Gasteiger partial charge in [-0.05, 0) is 64.8 Å². The Labute approximate surface area is 165 Å². The molecule has 27 heavy (non-hydrogen) atoms. The molecule has 1 aliphatic rings. The van der Waals surface area contributed by atoms with Crippen LogP contribution in [-0.2, 0) is 14.3 Å². The first-order chi connectivity index (χ1) is 12.6. The highest BCUT2D eigenvalue weighted by Crippen LogP contribution is 2.21. The van der Waals surface area contributed by atoms with Gasteiger partial charge in [0.1, 0.15) is 0 Å². The smallest absolute Gasteiger partial charge is 0.309 e. The fraction of sp³-hybridized carbons (Fsp3) is 0.550. The molecule has 1 fully saturated rings. The molecule has 148 valence electrons. The lowest BCUT2D eigenvalue weighted by Crippen LogP contribution is -2.47. The summed E-state index contributed by atoms with van der Waals surface area (Å²) in [7, 11) is 0. The number of benzene rings is 1. The second-order valence-corrected chi connectivity index (χ2v) is 8.33. The second kappa shape index (κ2) is 8.74. The highest BCUT2D eigenvalue weighted by molar-refractivity contribution is 6.30. The second-order valence-electron chi connectivity index (χ2n) is 7.89. The van der Waals surface area contributed by atoms with Gasteiger partial charge in [0.2, 0.25) is 0 Å². The molecule has 1 N–H and O–H groups in total. The average Bonchev–Trinajstić information content (AvgIpc) is 2.60. The molecule has 1 aliphatic heterocycles. The number of hydrogen-bond acceptors (Lipinski definition) is 4. The lowest BCUT2D eigenvalue weighted by molar-refractivity contribution is -0.160. The summed E-state index contributed by atoms with van der Waals surface area (Å²) in [5.41, 5.74) is 0.193. The lowest BCUT2D eigenvalue weighted by atomic mass is 9.96. The van der Waals surface area contributed by atoms with Gasteiger partial charge < -0.3 is 15.0 Å². The summed E-state index contributed by atoms with van der Waals surface area (Å²) >= 11 is 5.85. The number of rotatable bonds is 4. The highest BCUT2D eigenvalue weighted by atomic mass is 35.5. The standard InChI is InChI=1S/C20H27ClN2O4/c1-13(17(24)22-20(2,3)4)27-19(26)15-9-11-23(12-10-15)18(25)14-5-7-16(21)8-6-14/h5-8,13,15H,9-12H2,1-4H3,(H,22,24)/t13-/m0/s1. The van der Waals surface area contributed by atoms with Crippen molar-refractivity contribution in [3.05, 3.63) is 34.9 Å². The first-order valence-corrected chi connectivity index (χ1v) is 9.52. The molecule has 6 nitrogen and oxygen atoms in total. The average molecular weight is 395 g/mol. The summed E-state index contributed by atoms with van der Waals surface area (Å²) in [6.45, 7) is 8.12. The van der Waals surface area contributed by atoms with Gasteiger partial charge in [-0.3, -0.25) is 14.4 Å². The van der Waals surface area contributed by atoms with Crippen molar-refractivity contribution >= 4 is 29.4 Å². The van der Waals surface area contributed by atoms with Crippen LogP contribution in [0.4, 0.5) is 0 Å². The molecular weight excluding hydrogens is 368 g/mol. The van der Waals surface area contributed by atoms with Crippen LogP contribution in [0, 0.1) is 5.92 Å². The third kappa shape index (κ3) is 6.24. The van der Waals surface area contributed by atoms with E-state index in [9.17, 15) is 14.4 Å². The van der Waals surface area contributed by atoms with Crippen LogP contribution in [0.25, 0.3) is 0 Å². The van der Waals surface area contributed by atoms with Gasteiger partial charge in [-0.25, -0.2) is 0 Å². The van der Waals surface area contributed by atoms with E-state index in [4.69, 9.17) is 16.3 Å². The SMILES string of the molecule is C[C@H](OC(=O)C1CCN(C(=O)c2ccc(Cl)cc2)CC1)C(=O)NC(C)(C)C. The van der Waals surface area contributed by atoms with Gasteiger partial charge >= 0.3 is 5.97 Å². The molecule has 0 saturated carbocycles. The molecule has 2 rings (SSSR count). The van der Waals surface area contributed by atoms with Crippen molar-refractivity contribution < 1.29 is 19.1 Å². The molecule has 1 heterocycles. The van der Waals surface area contributed by atoms with Gasteiger partial charge in [0.15, 0.2) is 6.10 Å². The van der Waals surface area contributed by atoms with Crippen molar-refractivity contribution in [3.63, 3.8) is 0 Å². The van der Waals surface area contributed by atoms with Crippen molar-refractivity contribution in [2.24, 2.45) is 5.92 Å². The van der Waals surface area contributed by atoms with E-state index in [2.05, 4.69) is 5.32 Å². The number of piperidine rings is 1. The van der Waals surface area contributed by atoms with Gasteiger partial charge in [0.25, 0.3) is 11.8 Å². The maximum Gasteiger partial charge on any atom is 0.309 e. The van der Waals surface area contributed by atoms with Crippen LogP contribution in [-0.4, -0.2) is 47.4 Å². The van der Waals surface area contributed by atoms with E-state index in [0.29, 0.717) is 36.5 Å². The Hall–Kier alpha value is -2.08. The summed E-state index contributed by atoms with van der Waals surface area (Å²) in [4.78, 5) is 38.6. The van der Waals surface area contributed by atoms with Crippen molar-refractivity contribution in [1.82, 2.24) is 10.2 Å². The molecule has 2 amide bonds. The number of ether oxygens (including phenoxy) is 1. The number of likely N-dealkylation sites (tertiary alicyclic amines) is 1. The minimum atomic E-state index is -0.842. The predicted molar refractivity (Wildman–Crippen MR) is 104 cm³/mol. The van der Waals surface area contributed by atoms with Gasteiger partial charge in [-0.2, -0.15) is 0 Å². The first kappa shape index (κ1) is 21.2. The van der Waals surface area contributed by atoms with E-state index in [1.54, 1.807) is 36.1 Å². The summed E-state index contributed by atoms with van der Waals surface area (Å²) in [6.07, 6.45) is 0.197. The lowest BCUT2D eigenvalue weighted by Gasteiger charge is -2.31. The molecule has 1 aromatic rings. The molecule has 1 aromatic carbocycles. The number of hydrogen-bond donors (Lipinski definition) is 1. The number of halogens is 1. The monoisotopic (exact) mass is 394 g/mol. The maximum absolute atomic E-state index is 12.5. The van der Waals surface area contributed by atoms with Crippen molar-refractivity contribution in [3.8, 4) is 0 Å². The minimum absolute atomic E-state index is 0.0728. The quantitative estimate of drug-likeness (QED) is 0.796. The van der Waals surface area contributed by atoms with Crippen LogP contribution in [0.1, 0.15) is 50.9 Å². The summed E-state index contributed by atoms with van der Waals surface area (Å²) in [5.74, 6) is -1.07. The van der Waals surface area contributed by atoms with Gasteiger partial charge in [0, 0.05) is 29.2 Å². The van der Waals surface area contributed by atoms with E-state index < -0.39 is 6.10 Å². The Bertz CT molecular complexity index is 689. The Morgan fingerprint density at radius 1 is 1.15 bits per heavy atom. The third-order valence-electron chi connectivity index (χ3n) is 4.37. The number of nitrogens with zero attached hydrogens (tertiary/aromatic N) is 1. The Balaban J connectivity index is 1.84. The largest absolute Gasteiger partial charge is 0.452 e. The topological polar surface area (TPSA) is 75.7 Å². The highest BCUT2D eigenvalue weighted by Gasteiger charge is 2.31. The molecule has 1 atom stereocenters. The fourth-order valence-electron chi connectivity index (χ4n) is 2.89. The molecule has 0 unspecified atom stereocenters. The minimum Gasteiger partial charge on any atom is -0.452 e. The summed E-state index contributed by atoms with van der Waals surface area (Å²) in [5, 5.41) is 3.37. The molecular formula is C20H27ClN2O4. The number of amides is 2. The Morgan fingerprint density at radius 2 is 1.70 bits per heavy atom. The zero-order valence-corrected chi connectivity index (χ0v) is 17.0. The van der Waals surface area contributed by atoms with Crippen LogP contribution < -0.4 is 5.32 Å². The summed E-state index contributed by atoms with van der Waals surface area (Å²) < 4.78 is 5.32. The van der Waals surface area contributed by atoms with Crippen LogP contribution in [0.3, 0.4) is 0 Å². The number of carbonyl (C=O) groups excluding carboxylic acids is 3. The van der Waals surface area contributed by atoms with Crippen LogP contribution in [0.2, 0.25) is 5.02 Å². The van der Waals surface area contributed by atoms with E-state index in [1.807, 2.05) is 20.8 Å². The molecule has 0 spiro atoms. The van der Waals surface area contributed by atoms with Gasteiger partial charge in [-0.15, -0.1) is 0 Å². The Kier molecular flexibility index (Phi) is 6.87. The molecule has 0 aromatic heterocycles. The molecule has 7 heteroatoms. The normalized spacial score (nSPS) is 16.6. The number of esters is 1. The molecule has 0 radical (unpaired) electrons. The Morgan fingerprint density at radius 3 is 2.22 bits per heavy atom. The fourth-order valence-corrected chi connectivity index (χ4v) is 3.01. The zero-order valence-electron chi connectivity index (χ0n) is 16.3. The van der Waals surface area contributed by atoms with E-state index in [1.165, 1.54) is 0 Å². The first-order valence-electron chi connectivity index (χ1n) is 9.14. The van der Waals surface area contributed by atoms with E-state index in [0.717, 1.165) is 0 Å². The van der Waals surface area contributed by atoms with E-state index in [-0.39, 0.29) is 29.2 Å². The molecule has 1 saturated heterocycles. The zero-order chi connectivity index (χ0) is 20.2. The third-order valence-corrected chi connectivity index (χ3v) is 4.62. The number of nitrogens with one attached hydrogen (secondary N) is 1. The number of carbonyl (C=O) groups is 3. The molecule has 0 aliphatic carbocycles. The predicted octanol–water partition coefficient (Wildman–Crippen LogP) is 3.04. The van der Waals surface area contributed by atoms with Gasteiger partial charge in [-0.1, -0.05) is 11.6 Å². The maximum atomic E-state index is 12.5. The van der Waals surface area contributed by atoms with Crippen LogP contribution >= 0.6 is 11.6 Å². The van der Waals surface area contributed by atoms with Gasteiger partial charge in [0.05, 0.1) is 5.92 Å². The van der Waals surface area contributed by atoms with E-state index >= 15 is 0 Å².